The molecule has 1 saturated heterocycles. The lowest BCUT2D eigenvalue weighted by molar-refractivity contribution is -0.142. The fraction of sp³-hybridized carbons (Fsp3) is 0.533. The number of likely N-dealkylation sites (tertiary alicyclic amines) is 1. The first kappa shape index (κ1) is 15.4. The fourth-order valence-corrected chi connectivity index (χ4v) is 2.64. The number of piperidine rings is 1. The number of ether oxygens (including phenoxy) is 1. The van der Waals surface area contributed by atoms with Crippen molar-refractivity contribution in [1.29, 1.82) is 0 Å². The second-order valence-corrected chi connectivity index (χ2v) is 5.17. The number of aromatic nitrogens is 1. The van der Waals surface area contributed by atoms with Crippen LogP contribution in [0.15, 0.2) is 18.3 Å². The Morgan fingerprint density at radius 3 is 3.00 bits per heavy atom. The second kappa shape index (κ2) is 7.17. The normalized spacial score (nSPS) is 18.4. The molecular weight excluding hydrogens is 270 g/mol. The molecule has 2 N–H and O–H groups in total. The molecule has 1 aromatic rings. The van der Waals surface area contributed by atoms with Crippen LogP contribution in [0.4, 0.5) is 0 Å². The van der Waals surface area contributed by atoms with E-state index >= 15 is 0 Å². The van der Waals surface area contributed by atoms with Gasteiger partial charge in [0.2, 0.25) is 0 Å². The highest BCUT2D eigenvalue weighted by Gasteiger charge is 2.29. The molecule has 1 unspecified atom stereocenters. The number of amides is 1. The Morgan fingerprint density at radius 1 is 1.48 bits per heavy atom. The molecule has 0 bridgehead atoms. The van der Waals surface area contributed by atoms with Crippen molar-refractivity contribution in [2.45, 2.75) is 38.3 Å². The van der Waals surface area contributed by atoms with Gasteiger partial charge in [-0.1, -0.05) is 0 Å². The molecule has 2 rings (SSSR count). The molecule has 21 heavy (non-hydrogen) atoms. The van der Waals surface area contributed by atoms with Gasteiger partial charge >= 0.3 is 5.97 Å². The maximum absolute atomic E-state index is 12.7. The van der Waals surface area contributed by atoms with E-state index in [1.807, 2.05) is 0 Å². The number of nitrogens with zero attached hydrogens (tertiary/aromatic N) is 2. The smallest absolute Gasteiger partial charge is 0.307 e. The number of esters is 1. The number of methoxy groups -OCH3 is 1. The van der Waals surface area contributed by atoms with Gasteiger partial charge in [0, 0.05) is 30.9 Å². The van der Waals surface area contributed by atoms with Crippen LogP contribution in [0.1, 0.15) is 41.7 Å². The van der Waals surface area contributed by atoms with Gasteiger partial charge in [-0.2, -0.15) is 0 Å². The number of carbonyl (C=O) groups is 2. The molecule has 6 nitrogen and oxygen atoms in total. The van der Waals surface area contributed by atoms with E-state index < -0.39 is 0 Å². The molecule has 6 heteroatoms. The molecule has 1 aliphatic rings. The van der Waals surface area contributed by atoms with Crippen LogP contribution in [0.3, 0.4) is 0 Å². The van der Waals surface area contributed by atoms with Crippen LogP contribution in [0.5, 0.6) is 0 Å². The SMILES string of the molecule is COC(=O)CC1CCCCN1C(=O)c1ccnc(CN)c1. The Hall–Kier alpha value is -1.95. The van der Waals surface area contributed by atoms with Crippen molar-refractivity contribution in [3.05, 3.63) is 29.6 Å². The zero-order valence-corrected chi connectivity index (χ0v) is 12.2. The Bertz CT molecular complexity index is 519. The van der Waals surface area contributed by atoms with Gasteiger partial charge in [0.1, 0.15) is 0 Å². The highest BCUT2D eigenvalue weighted by molar-refractivity contribution is 5.94. The van der Waals surface area contributed by atoms with Crippen molar-refractivity contribution in [3.8, 4) is 0 Å². The summed E-state index contributed by atoms with van der Waals surface area (Å²) >= 11 is 0. The molecule has 1 aliphatic heterocycles. The predicted octanol–water partition coefficient (Wildman–Crippen LogP) is 1.10. The van der Waals surface area contributed by atoms with E-state index in [-0.39, 0.29) is 24.3 Å². The third kappa shape index (κ3) is 3.78. The van der Waals surface area contributed by atoms with Gasteiger partial charge in [-0.3, -0.25) is 14.6 Å². The standard InChI is InChI=1S/C15H21N3O3/c1-21-14(19)9-13-4-2-3-7-18(13)15(20)11-5-6-17-12(8-11)10-16/h5-6,8,13H,2-4,7,9-10,16H2,1H3. The fourth-order valence-electron chi connectivity index (χ4n) is 2.64. The summed E-state index contributed by atoms with van der Waals surface area (Å²) in [7, 11) is 1.37. The van der Waals surface area contributed by atoms with Crippen LogP contribution in [0.25, 0.3) is 0 Å². The lowest BCUT2D eigenvalue weighted by atomic mass is 9.98. The molecule has 1 amide bonds. The van der Waals surface area contributed by atoms with Crippen molar-refractivity contribution >= 4 is 11.9 Å². The van der Waals surface area contributed by atoms with E-state index in [0.29, 0.717) is 24.3 Å². The van der Waals surface area contributed by atoms with Crippen molar-refractivity contribution in [2.75, 3.05) is 13.7 Å². The summed E-state index contributed by atoms with van der Waals surface area (Å²) in [5.74, 6) is -0.349. The minimum Gasteiger partial charge on any atom is -0.469 e. The summed E-state index contributed by atoms with van der Waals surface area (Å²) in [6, 6.07) is 3.31. The van der Waals surface area contributed by atoms with Gasteiger partial charge in [0.25, 0.3) is 5.91 Å². The number of hydrogen-bond acceptors (Lipinski definition) is 5. The summed E-state index contributed by atoms with van der Waals surface area (Å²) in [5.41, 5.74) is 6.81. The summed E-state index contributed by atoms with van der Waals surface area (Å²) in [6.45, 7) is 0.966. The van der Waals surface area contributed by atoms with Crippen molar-refractivity contribution in [2.24, 2.45) is 5.73 Å². The molecule has 0 saturated carbocycles. The van der Waals surface area contributed by atoms with Crippen LogP contribution < -0.4 is 5.73 Å². The maximum Gasteiger partial charge on any atom is 0.307 e. The summed E-state index contributed by atoms with van der Waals surface area (Å²) in [4.78, 5) is 30.0. The lowest BCUT2D eigenvalue weighted by Crippen LogP contribution is -2.44. The van der Waals surface area contributed by atoms with Gasteiger partial charge < -0.3 is 15.4 Å². The largest absolute Gasteiger partial charge is 0.469 e. The summed E-state index contributed by atoms with van der Waals surface area (Å²) < 4.78 is 4.72. The molecule has 2 heterocycles. The molecule has 0 spiro atoms. The van der Waals surface area contributed by atoms with Crippen LogP contribution >= 0.6 is 0 Å². The van der Waals surface area contributed by atoms with Crippen LogP contribution in [0, 0.1) is 0 Å². The van der Waals surface area contributed by atoms with E-state index in [2.05, 4.69) is 4.98 Å². The Morgan fingerprint density at radius 2 is 2.29 bits per heavy atom. The molecule has 0 aromatic carbocycles. The van der Waals surface area contributed by atoms with E-state index in [0.717, 1.165) is 19.3 Å². The molecule has 1 fully saturated rings. The first-order valence-electron chi connectivity index (χ1n) is 7.18. The van der Waals surface area contributed by atoms with E-state index in [9.17, 15) is 9.59 Å². The number of rotatable bonds is 4. The van der Waals surface area contributed by atoms with E-state index in [1.165, 1.54) is 7.11 Å². The molecule has 0 radical (unpaired) electrons. The molecule has 1 atom stereocenters. The van der Waals surface area contributed by atoms with E-state index in [1.54, 1.807) is 23.2 Å². The maximum atomic E-state index is 12.7. The van der Waals surface area contributed by atoms with Gasteiger partial charge in [0.15, 0.2) is 0 Å². The molecular formula is C15H21N3O3. The Kier molecular flexibility index (Phi) is 5.27. The Labute approximate surface area is 124 Å². The zero-order chi connectivity index (χ0) is 15.2. The highest BCUT2D eigenvalue weighted by Crippen LogP contribution is 2.22. The van der Waals surface area contributed by atoms with Gasteiger partial charge in [-0.25, -0.2) is 0 Å². The minimum atomic E-state index is -0.280. The van der Waals surface area contributed by atoms with Crippen molar-refractivity contribution < 1.29 is 14.3 Å². The predicted molar refractivity (Wildman–Crippen MR) is 77.4 cm³/mol. The van der Waals surface area contributed by atoms with Gasteiger partial charge in [-0.15, -0.1) is 0 Å². The monoisotopic (exact) mass is 291 g/mol. The Balaban J connectivity index is 2.15. The van der Waals surface area contributed by atoms with Crippen LogP contribution in [0.2, 0.25) is 0 Å². The minimum absolute atomic E-state index is 0.0688. The van der Waals surface area contributed by atoms with Gasteiger partial charge in [-0.05, 0) is 31.4 Å². The average molecular weight is 291 g/mol. The number of nitrogens with two attached hydrogens (primary N) is 1. The number of pyridine rings is 1. The van der Waals surface area contributed by atoms with Crippen LogP contribution in [-0.4, -0.2) is 41.5 Å². The second-order valence-electron chi connectivity index (χ2n) is 5.17. The highest BCUT2D eigenvalue weighted by atomic mass is 16.5. The quantitative estimate of drug-likeness (QED) is 0.840. The third-order valence-corrected chi connectivity index (χ3v) is 3.79. The molecule has 1 aromatic heterocycles. The van der Waals surface area contributed by atoms with Gasteiger partial charge in [0.05, 0.1) is 19.2 Å². The number of hydrogen-bond donors (Lipinski definition) is 1. The topological polar surface area (TPSA) is 85.5 Å². The zero-order valence-electron chi connectivity index (χ0n) is 12.2. The molecule has 0 aliphatic carbocycles. The van der Waals surface area contributed by atoms with Crippen molar-refractivity contribution in [3.63, 3.8) is 0 Å². The molecule has 114 valence electrons. The lowest BCUT2D eigenvalue weighted by Gasteiger charge is -2.35. The third-order valence-electron chi connectivity index (χ3n) is 3.79. The summed E-state index contributed by atoms with van der Waals surface area (Å²) in [5, 5.41) is 0. The van der Waals surface area contributed by atoms with Crippen LogP contribution in [-0.2, 0) is 16.1 Å². The first-order chi connectivity index (χ1) is 10.2. The average Bonchev–Trinajstić information content (AvgIpc) is 2.54. The number of carbonyl (C=O) groups excluding carboxylic acids is 2. The van der Waals surface area contributed by atoms with Crippen molar-refractivity contribution in [1.82, 2.24) is 9.88 Å². The summed E-state index contributed by atoms with van der Waals surface area (Å²) in [6.07, 6.45) is 4.65. The van der Waals surface area contributed by atoms with E-state index in [4.69, 9.17) is 10.5 Å². The first-order valence-corrected chi connectivity index (χ1v) is 7.18.